The number of benzene rings is 1. The molecule has 0 amide bonds. The molecule has 1 atom stereocenters. The molecule has 0 fully saturated rings. The minimum atomic E-state index is -3.65. The summed E-state index contributed by atoms with van der Waals surface area (Å²) in [7, 11) is -3.65. The van der Waals surface area contributed by atoms with E-state index >= 15 is 0 Å². The number of hydrogen-bond acceptors (Lipinski definition) is 4. The molecule has 0 aromatic heterocycles. The Morgan fingerprint density at radius 2 is 1.79 bits per heavy atom. The molecule has 78 valence electrons. The normalized spacial score (nSPS) is 13.9. The molecular formula is C9H12O3S2. The van der Waals surface area contributed by atoms with E-state index in [0.29, 0.717) is 0 Å². The Balaban J connectivity index is 2.99. The highest BCUT2D eigenvalue weighted by molar-refractivity contribution is 7.88. The lowest BCUT2D eigenvalue weighted by Gasteiger charge is -2.07. The number of hydrogen-bond donors (Lipinski definition) is 1. The fourth-order valence-corrected chi connectivity index (χ4v) is 2.23. The molecule has 0 saturated carbocycles. The molecule has 5 heteroatoms. The van der Waals surface area contributed by atoms with Gasteiger partial charge in [0.15, 0.2) is 0 Å². The molecule has 1 aromatic rings. The molecule has 0 heterocycles. The van der Waals surface area contributed by atoms with Gasteiger partial charge in [-0.05, 0) is 26.0 Å². The van der Waals surface area contributed by atoms with Gasteiger partial charge in [0.25, 0.3) is 10.1 Å². The molecule has 0 aliphatic carbocycles. The van der Waals surface area contributed by atoms with Crippen LogP contribution < -0.4 is 0 Å². The molecule has 0 aliphatic rings. The van der Waals surface area contributed by atoms with Gasteiger partial charge >= 0.3 is 0 Å². The van der Waals surface area contributed by atoms with Crippen molar-refractivity contribution in [1.29, 1.82) is 0 Å². The number of thiol groups is 1. The fraction of sp³-hybridized carbons (Fsp3) is 0.333. The third-order valence-corrected chi connectivity index (χ3v) is 3.22. The van der Waals surface area contributed by atoms with Crippen LogP contribution in [0.5, 0.6) is 0 Å². The molecule has 0 bridgehead atoms. The van der Waals surface area contributed by atoms with Crippen LogP contribution in [0.1, 0.15) is 12.5 Å². The van der Waals surface area contributed by atoms with Gasteiger partial charge in [-0.2, -0.15) is 8.42 Å². The Morgan fingerprint density at radius 1 is 1.29 bits per heavy atom. The van der Waals surface area contributed by atoms with Crippen LogP contribution in [0.25, 0.3) is 0 Å². The first-order chi connectivity index (χ1) is 6.42. The summed E-state index contributed by atoms with van der Waals surface area (Å²) in [4.78, 5) is 0.156. The molecular weight excluding hydrogens is 220 g/mol. The maximum atomic E-state index is 11.5. The van der Waals surface area contributed by atoms with Crippen molar-refractivity contribution >= 4 is 22.7 Å². The van der Waals surface area contributed by atoms with Crippen LogP contribution in [-0.2, 0) is 14.3 Å². The maximum absolute atomic E-state index is 11.5. The minimum absolute atomic E-state index is 0.156. The predicted molar refractivity (Wildman–Crippen MR) is 57.9 cm³/mol. The Bertz CT molecular complexity index is 393. The smallest absolute Gasteiger partial charge is 0.253 e. The van der Waals surface area contributed by atoms with Crippen molar-refractivity contribution in [2.75, 3.05) is 0 Å². The Morgan fingerprint density at radius 3 is 2.21 bits per heavy atom. The summed E-state index contributed by atoms with van der Waals surface area (Å²) in [5, 5.41) is 0. The fourth-order valence-electron chi connectivity index (χ4n) is 0.944. The number of aryl methyl sites for hydroxylation is 1. The zero-order chi connectivity index (χ0) is 10.8. The van der Waals surface area contributed by atoms with Gasteiger partial charge in [-0.3, -0.25) is 4.18 Å². The molecule has 1 aromatic carbocycles. The standard InChI is InChI=1S/C9H12O3S2/c1-7-3-5-9(6-4-7)14(10,11)12-8(2)13/h3-6,8,13H,1-2H3. The average Bonchev–Trinajstić information content (AvgIpc) is 2.02. The molecule has 1 rings (SSSR count). The third kappa shape index (κ3) is 3.01. The average molecular weight is 232 g/mol. The Kier molecular flexibility index (Phi) is 3.58. The van der Waals surface area contributed by atoms with E-state index in [9.17, 15) is 8.42 Å². The second kappa shape index (κ2) is 4.33. The van der Waals surface area contributed by atoms with Crippen LogP contribution >= 0.6 is 12.6 Å². The van der Waals surface area contributed by atoms with E-state index in [1.807, 2.05) is 6.92 Å². The van der Waals surface area contributed by atoms with E-state index in [4.69, 9.17) is 4.18 Å². The summed E-state index contributed by atoms with van der Waals surface area (Å²) in [5.74, 6) is 0. The highest BCUT2D eigenvalue weighted by Crippen LogP contribution is 2.15. The summed E-state index contributed by atoms with van der Waals surface area (Å²) in [6.45, 7) is 3.44. The molecule has 0 aliphatic heterocycles. The summed E-state index contributed by atoms with van der Waals surface area (Å²) in [6.07, 6.45) is 0. The highest BCUT2D eigenvalue weighted by atomic mass is 32.2. The van der Waals surface area contributed by atoms with Gasteiger partial charge in [0, 0.05) is 0 Å². The molecule has 0 saturated heterocycles. The monoisotopic (exact) mass is 232 g/mol. The van der Waals surface area contributed by atoms with Crippen molar-refractivity contribution in [3.8, 4) is 0 Å². The number of rotatable bonds is 3. The van der Waals surface area contributed by atoms with Gasteiger partial charge in [0.2, 0.25) is 0 Å². The van der Waals surface area contributed by atoms with E-state index in [1.165, 1.54) is 12.1 Å². The second-order valence-electron chi connectivity index (χ2n) is 2.96. The van der Waals surface area contributed by atoms with Crippen molar-refractivity contribution in [1.82, 2.24) is 0 Å². The quantitative estimate of drug-likeness (QED) is 0.492. The van der Waals surface area contributed by atoms with E-state index in [0.717, 1.165) is 5.56 Å². The van der Waals surface area contributed by atoms with Crippen LogP contribution in [0.15, 0.2) is 29.2 Å². The van der Waals surface area contributed by atoms with Crippen LogP contribution in [0, 0.1) is 6.92 Å². The van der Waals surface area contributed by atoms with Crippen molar-refractivity contribution in [3.63, 3.8) is 0 Å². The first-order valence-electron chi connectivity index (χ1n) is 4.10. The predicted octanol–water partition coefficient (Wildman–Crippen LogP) is 1.98. The lowest BCUT2D eigenvalue weighted by atomic mass is 10.2. The zero-order valence-corrected chi connectivity index (χ0v) is 9.68. The van der Waals surface area contributed by atoms with E-state index in [2.05, 4.69) is 12.6 Å². The lowest BCUT2D eigenvalue weighted by molar-refractivity contribution is 0.311. The van der Waals surface area contributed by atoms with Gasteiger partial charge in [-0.25, -0.2) is 0 Å². The summed E-state index contributed by atoms with van der Waals surface area (Å²) in [6, 6.07) is 6.47. The van der Waals surface area contributed by atoms with Crippen molar-refractivity contribution in [3.05, 3.63) is 29.8 Å². The SMILES string of the molecule is Cc1ccc(S(=O)(=O)OC(C)S)cc1. The van der Waals surface area contributed by atoms with Gasteiger partial charge in [0.05, 0.1) is 4.90 Å². The lowest BCUT2D eigenvalue weighted by Crippen LogP contribution is -2.10. The largest absolute Gasteiger partial charge is 0.298 e. The van der Waals surface area contributed by atoms with Crippen molar-refractivity contribution < 1.29 is 12.6 Å². The second-order valence-corrected chi connectivity index (χ2v) is 5.26. The Labute approximate surface area is 89.6 Å². The molecule has 14 heavy (non-hydrogen) atoms. The highest BCUT2D eigenvalue weighted by Gasteiger charge is 2.16. The Hall–Kier alpha value is -0.520. The van der Waals surface area contributed by atoms with Crippen molar-refractivity contribution in [2.24, 2.45) is 0 Å². The first-order valence-corrected chi connectivity index (χ1v) is 6.02. The summed E-state index contributed by atoms with van der Waals surface area (Å²) < 4.78 is 27.7. The van der Waals surface area contributed by atoms with Crippen LogP contribution in [-0.4, -0.2) is 13.9 Å². The van der Waals surface area contributed by atoms with Crippen LogP contribution in [0.4, 0.5) is 0 Å². The molecule has 0 spiro atoms. The molecule has 1 unspecified atom stereocenters. The van der Waals surface area contributed by atoms with Crippen LogP contribution in [0.2, 0.25) is 0 Å². The van der Waals surface area contributed by atoms with E-state index < -0.39 is 15.6 Å². The first kappa shape index (κ1) is 11.6. The third-order valence-electron chi connectivity index (χ3n) is 1.58. The molecule has 0 N–H and O–H groups in total. The van der Waals surface area contributed by atoms with Crippen molar-refractivity contribution in [2.45, 2.75) is 24.2 Å². The van der Waals surface area contributed by atoms with E-state index in [1.54, 1.807) is 19.1 Å². The molecule has 0 radical (unpaired) electrons. The minimum Gasteiger partial charge on any atom is -0.253 e. The zero-order valence-electron chi connectivity index (χ0n) is 7.97. The summed E-state index contributed by atoms with van der Waals surface area (Å²) in [5.41, 5.74) is 0.365. The van der Waals surface area contributed by atoms with E-state index in [-0.39, 0.29) is 4.90 Å². The topological polar surface area (TPSA) is 43.4 Å². The van der Waals surface area contributed by atoms with Crippen LogP contribution in [0.3, 0.4) is 0 Å². The molecule has 3 nitrogen and oxygen atoms in total. The maximum Gasteiger partial charge on any atom is 0.298 e. The van der Waals surface area contributed by atoms with Gasteiger partial charge in [0.1, 0.15) is 5.44 Å². The van der Waals surface area contributed by atoms with Gasteiger partial charge in [-0.15, -0.1) is 12.6 Å². The summed E-state index contributed by atoms with van der Waals surface area (Å²) >= 11 is 3.86. The van der Waals surface area contributed by atoms with Gasteiger partial charge < -0.3 is 0 Å². The van der Waals surface area contributed by atoms with Gasteiger partial charge in [-0.1, -0.05) is 17.7 Å².